The number of nitrogens with one attached hydrogen (secondary N) is 1. The van der Waals surface area contributed by atoms with Gasteiger partial charge in [-0.15, -0.1) is 0 Å². The second-order valence-electron chi connectivity index (χ2n) is 5.22. The fourth-order valence-electron chi connectivity index (χ4n) is 2.38. The summed E-state index contributed by atoms with van der Waals surface area (Å²) < 4.78 is 23.6. The van der Waals surface area contributed by atoms with Crippen LogP contribution in [0.1, 0.15) is 5.56 Å². The smallest absolute Gasteiger partial charge is 0.411 e. The molecule has 0 aliphatic carbocycles. The lowest BCUT2D eigenvalue weighted by molar-refractivity contribution is 0.112. The van der Waals surface area contributed by atoms with Crippen LogP contribution in [0, 0.1) is 11.7 Å². The van der Waals surface area contributed by atoms with Gasteiger partial charge < -0.3 is 9.47 Å². The zero-order chi connectivity index (χ0) is 15.4. The highest BCUT2D eigenvalue weighted by molar-refractivity contribution is 5.84. The molecule has 0 spiro atoms. The highest BCUT2D eigenvalue weighted by Crippen LogP contribution is 2.26. The third kappa shape index (κ3) is 3.55. The third-order valence-corrected chi connectivity index (χ3v) is 3.50. The first-order chi connectivity index (χ1) is 10.7. The molecule has 2 aromatic carbocycles. The molecule has 0 saturated carbocycles. The molecule has 1 heterocycles. The van der Waals surface area contributed by atoms with Gasteiger partial charge in [0.25, 0.3) is 0 Å². The summed E-state index contributed by atoms with van der Waals surface area (Å²) in [7, 11) is 0. The van der Waals surface area contributed by atoms with E-state index in [0.717, 1.165) is 17.7 Å². The van der Waals surface area contributed by atoms with E-state index < -0.39 is 6.09 Å². The van der Waals surface area contributed by atoms with E-state index in [-0.39, 0.29) is 18.3 Å². The van der Waals surface area contributed by atoms with Gasteiger partial charge in [-0.3, -0.25) is 5.32 Å². The molecule has 1 N–H and O–H groups in total. The number of rotatable bonds is 3. The quantitative estimate of drug-likeness (QED) is 0.942. The van der Waals surface area contributed by atoms with Crippen LogP contribution in [-0.2, 0) is 11.2 Å². The van der Waals surface area contributed by atoms with Crippen molar-refractivity contribution in [2.45, 2.75) is 6.42 Å². The molecule has 2 aromatic rings. The minimum atomic E-state index is -0.550. The van der Waals surface area contributed by atoms with Crippen molar-refractivity contribution in [3.8, 4) is 5.75 Å². The fraction of sp³-hybridized carbons (Fsp3) is 0.235. The van der Waals surface area contributed by atoms with Crippen molar-refractivity contribution in [2.24, 2.45) is 5.92 Å². The van der Waals surface area contributed by atoms with Gasteiger partial charge in [-0.05, 0) is 42.3 Å². The SMILES string of the molecule is O=C(Nc1ccc(F)cc1)OCC1COc2ccccc2C1. The van der Waals surface area contributed by atoms with Crippen molar-refractivity contribution in [2.75, 3.05) is 18.5 Å². The molecule has 1 unspecified atom stereocenters. The topological polar surface area (TPSA) is 47.6 Å². The monoisotopic (exact) mass is 301 g/mol. The summed E-state index contributed by atoms with van der Waals surface area (Å²) >= 11 is 0. The molecule has 1 aliphatic heterocycles. The molecule has 0 aromatic heterocycles. The van der Waals surface area contributed by atoms with E-state index in [1.807, 2.05) is 24.3 Å². The van der Waals surface area contributed by atoms with E-state index in [1.165, 1.54) is 24.3 Å². The number of halogens is 1. The lowest BCUT2D eigenvalue weighted by atomic mass is 9.98. The van der Waals surface area contributed by atoms with Crippen LogP contribution in [0.2, 0.25) is 0 Å². The van der Waals surface area contributed by atoms with Crippen LogP contribution in [0.25, 0.3) is 0 Å². The summed E-state index contributed by atoms with van der Waals surface area (Å²) in [5, 5.41) is 2.56. The van der Waals surface area contributed by atoms with Gasteiger partial charge in [0.15, 0.2) is 0 Å². The van der Waals surface area contributed by atoms with Gasteiger partial charge in [0.05, 0.1) is 13.2 Å². The van der Waals surface area contributed by atoms with Crippen LogP contribution in [-0.4, -0.2) is 19.3 Å². The van der Waals surface area contributed by atoms with Gasteiger partial charge in [0, 0.05) is 11.6 Å². The van der Waals surface area contributed by atoms with E-state index in [4.69, 9.17) is 9.47 Å². The highest BCUT2D eigenvalue weighted by atomic mass is 19.1. The second kappa shape index (κ2) is 6.47. The van der Waals surface area contributed by atoms with Crippen LogP contribution in [0.3, 0.4) is 0 Å². The number of carbonyl (C=O) groups excluding carboxylic acids is 1. The Balaban J connectivity index is 1.49. The Labute approximate surface area is 127 Å². The standard InChI is InChI=1S/C17H16FNO3/c18-14-5-7-15(8-6-14)19-17(20)22-11-12-9-13-3-1-2-4-16(13)21-10-12/h1-8,12H,9-11H2,(H,19,20). The zero-order valence-electron chi connectivity index (χ0n) is 11.9. The molecule has 0 fully saturated rings. The third-order valence-electron chi connectivity index (χ3n) is 3.50. The molecule has 0 bridgehead atoms. The molecule has 22 heavy (non-hydrogen) atoms. The van der Waals surface area contributed by atoms with Crippen molar-refractivity contribution in [1.29, 1.82) is 0 Å². The molecule has 1 aliphatic rings. The normalized spacial score (nSPS) is 16.3. The van der Waals surface area contributed by atoms with Crippen LogP contribution < -0.4 is 10.1 Å². The van der Waals surface area contributed by atoms with Crippen molar-refractivity contribution < 1.29 is 18.7 Å². The summed E-state index contributed by atoms with van der Waals surface area (Å²) in [4.78, 5) is 11.7. The minimum absolute atomic E-state index is 0.133. The van der Waals surface area contributed by atoms with Crippen molar-refractivity contribution in [3.63, 3.8) is 0 Å². The van der Waals surface area contributed by atoms with Crippen LogP contribution in [0.4, 0.5) is 14.9 Å². The zero-order valence-corrected chi connectivity index (χ0v) is 11.9. The first-order valence-corrected chi connectivity index (χ1v) is 7.11. The van der Waals surface area contributed by atoms with Crippen LogP contribution >= 0.6 is 0 Å². The Morgan fingerprint density at radius 2 is 2.00 bits per heavy atom. The Morgan fingerprint density at radius 3 is 2.82 bits per heavy atom. The Hall–Kier alpha value is -2.56. The number of ether oxygens (including phenoxy) is 2. The van der Waals surface area contributed by atoms with Gasteiger partial charge in [0.1, 0.15) is 11.6 Å². The van der Waals surface area contributed by atoms with Crippen molar-refractivity contribution in [1.82, 2.24) is 0 Å². The number of para-hydroxylation sites is 1. The number of hydrogen-bond acceptors (Lipinski definition) is 3. The summed E-state index contributed by atoms with van der Waals surface area (Å²) in [5.74, 6) is 0.681. The summed E-state index contributed by atoms with van der Waals surface area (Å²) in [6.07, 6.45) is 0.269. The molecule has 0 saturated heterocycles. The number of carbonyl (C=O) groups is 1. The number of anilines is 1. The van der Waals surface area contributed by atoms with Crippen molar-refractivity contribution in [3.05, 3.63) is 59.9 Å². The van der Waals surface area contributed by atoms with Crippen LogP contribution in [0.15, 0.2) is 48.5 Å². The minimum Gasteiger partial charge on any atom is -0.493 e. The molecule has 5 heteroatoms. The average Bonchev–Trinajstić information content (AvgIpc) is 2.55. The highest BCUT2D eigenvalue weighted by Gasteiger charge is 2.20. The van der Waals surface area contributed by atoms with Gasteiger partial charge in [-0.1, -0.05) is 18.2 Å². The molecular weight excluding hydrogens is 285 g/mol. The summed E-state index contributed by atoms with van der Waals surface area (Å²) in [6, 6.07) is 13.4. The predicted molar refractivity (Wildman–Crippen MR) is 80.5 cm³/mol. The largest absolute Gasteiger partial charge is 0.493 e. The van der Waals surface area contributed by atoms with E-state index >= 15 is 0 Å². The molecule has 0 radical (unpaired) electrons. The first kappa shape index (κ1) is 14.4. The number of hydrogen-bond donors (Lipinski definition) is 1. The van der Waals surface area contributed by atoms with Crippen LogP contribution in [0.5, 0.6) is 5.75 Å². The van der Waals surface area contributed by atoms with E-state index in [1.54, 1.807) is 0 Å². The van der Waals surface area contributed by atoms with Gasteiger partial charge >= 0.3 is 6.09 Å². The lowest BCUT2D eigenvalue weighted by Gasteiger charge is -2.24. The molecule has 1 atom stereocenters. The van der Waals surface area contributed by atoms with Gasteiger partial charge in [-0.25, -0.2) is 9.18 Å². The first-order valence-electron chi connectivity index (χ1n) is 7.11. The maximum absolute atomic E-state index is 12.8. The van der Waals surface area contributed by atoms with Gasteiger partial charge in [-0.2, -0.15) is 0 Å². The maximum atomic E-state index is 12.8. The van der Waals surface area contributed by atoms with Crippen molar-refractivity contribution >= 4 is 11.8 Å². The van der Waals surface area contributed by atoms with E-state index in [2.05, 4.69) is 5.32 Å². The molecule has 4 nitrogen and oxygen atoms in total. The molecule has 1 amide bonds. The Morgan fingerprint density at radius 1 is 1.23 bits per heavy atom. The average molecular weight is 301 g/mol. The molecule has 114 valence electrons. The Bertz CT molecular complexity index is 657. The second-order valence-corrected chi connectivity index (χ2v) is 5.22. The van der Waals surface area contributed by atoms with Gasteiger partial charge in [0.2, 0.25) is 0 Å². The summed E-state index contributed by atoms with van der Waals surface area (Å²) in [6.45, 7) is 0.808. The van der Waals surface area contributed by atoms with E-state index in [9.17, 15) is 9.18 Å². The molecule has 3 rings (SSSR count). The number of amides is 1. The number of benzene rings is 2. The summed E-state index contributed by atoms with van der Waals surface area (Å²) in [5.41, 5.74) is 1.62. The van der Waals surface area contributed by atoms with E-state index in [0.29, 0.717) is 12.3 Å². The molecular formula is C17H16FNO3. The fourth-order valence-corrected chi connectivity index (χ4v) is 2.38. The number of fused-ring (bicyclic) bond motifs is 1. The Kier molecular flexibility index (Phi) is 4.23. The lowest BCUT2D eigenvalue weighted by Crippen LogP contribution is -2.27. The predicted octanol–water partition coefficient (Wildman–Crippen LogP) is 3.63. The maximum Gasteiger partial charge on any atom is 0.411 e.